The van der Waals surface area contributed by atoms with E-state index in [1.807, 2.05) is 38.1 Å². The Hall–Kier alpha value is -2.80. The fourth-order valence-electron chi connectivity index (χ4n) is 1.84. The molecule has 4 heteroatoms. The van der Waals surface area contributed by atoms with Crippen molar-refractivity contribution in [3.63, 3.8) is 0 Å². The summed E-state index contributed by atoms with van der Waals surface area (Å²) in [5, 5.41) is 11.8. The Labute approximate surface area is 123 Å². The van der Waals surface area contributed by atoms with Gasteiger partial charge >= 0.3 is 0 Å². The van der Waals surface area contributed by atoms with Gasteiger partial charge in [0.15, 0.2) is 0 Å². The molecular formula is C17H16N2O2. The number of anilines is 1. The minimum atomic E-state index is -0.449. The number of nitrogens with one attached hydrogen (secondary N) is 1. The van der Waals surface area contributed by atoms with Gasteiger partial charge in [0.2, 0.25) is 0 Å². The summed E-state index contributed by atoms with van der Waals surface area (Å²) in [6.07, 6.45) is 1.43. The lowest BCUT2D eigenvalue weighted by molar-refractivity contribution is -0.112. The largest absolute Gasteiger partial charge is 0.462 e. The second kappa shape index (κ2) is 6.10. The third-order valence-electron chi connectivity index (χ3n) is 3.18. The molecule has 0 saturated heterocycles. The van der Waals surface area contributed by atoms with Gasteiger partial charge in [-0.25, -0.2) is 0 Å². The SMILES string of the molecule is Cc1ccc(/C=C(\C#N)C(=O)Nc2ccc(C)c(C)c2)o1. The van der Waals surface area contributed by atoms with Crippen molar-refractivity contribution in [2.45, 2.75) is 20.8 Å². The van der Waals surface area contributed by atoms with Crippen LogP contribution in [0.2, 0.25) is 0 Å². The first-order valence-electron chi connectivity index (χ1n) is 6.56. The monoisotopic (exact) mass is 280 g/mol. The number of rotatable bonds is 3. The number of aryl methyl sites for hydroxylation is 3. The summed E-state index contributed by atoms with van der Waals surface area (Å²) in [5.41, 5.74) is 2.90. The van der Waals surface area contributed by atoms with Crippen LogP contribution in [-0.2, 0) is 4.79 Å². The molecule has 1 aromatic carbocycles. The van der Waals surface area contributed by atoms with E-state index in [0.717, 1.165) is 16.9 Å². The van der Waals surface area contributed by atoms with Gasteiger partial charge in [-0.1, -0.05) is 6.07 Å². The van der Waals surface area contributed by atoms with Gasteiger partial charge in [-0.3, -0.25) is 4.79 Å². The maximum atomic E-state index is 12.1. The van der Waals surface area contributed by atoms with Crippen LogP contribution in [0.3, 0.4) is 0 Å². The van der Waals surface area contributed by atoms with Crippen molar-refractivity contribution < 1.29 is 9.21 Å². The van der Waals surface area contributed by atoms with Gasteiger partial charge in [-0.05, 0) is 56.2 Å². The van der Waals surface area contributed by atoms with E-state index in [0.29, 0.717) is 11.4 Å². The average Bonchev–Trinajstić information content (AvgIpc) is 2.85. The van der Waals surface area contributed by atoms with Gasteiger partial charge in [-0.15, -0.1) is 0 Å². The van der Waals surface area contributed by atoms with Gasteiger partial charge in [0, 0.05) is 11.8 Å². The first-order chi connectivity index (χ1) is 9.99. The van der Waals surface area contributed by atoms with Gasteiger partial charge in [0.1, 0.15) is 23.2 Å². The lowest BCUT2D eigenvalue weighted by Gasteiger charge is -2.06. The van der Waals surface area contributed by atoms with Gasteiger partial charge < -0.3 is 9.73 Å². The summed E-state index contributed by atoms with van der Waals surface area (Å²) in [6, 6.07) is 11.0. The summed E-state index contributed by atoms with van der Waals surface area (Å²) in [5.74, 6) is 0.766. The van der Waals surface area contributed by atoms with E-state index in [1.165, 1.54) is 6.08 Å². The van der Waals surface area contributed by atoms with Gasteiger partial charge in [-0.2, -0.15) is 5.26 Å². The molecule has 0 spiro atoms. The Bertz CT molecular complexity index is 748. The number of benzene rings is 1. The molecule has 4 nitrogen and oxygen atoms in total. The summed E-state index contributed by atoms with van der Waals surface area (Å²) in [4.78, 5) is 12.1. The van der Waals surface area contributed by atoms with E-state index in [4.69, 9.17) is 9.68 Å². The normalized spacial score (nSPS) is 11.0. The number of carbonyl (C=O) groups excluding carboxylic acids is 1. The molecule has 1 aromatic heterocycles. The number of carbonyl (C=O) groups is 1. The molecule has 1 heterocycles. The molecule has 2 aromatic rings. The predicted molar refractivity (Wildman–Crippen MR) is 81.6 cm³/mol. The van der Waals surface area contributed by atoms with Crippen molar-refractivity contribution in [2.75, 3.05) is 5.32 Å². The van der Waals surface area contributed by atoms with Crippen molar-refractivity contribution in [1.29, 1.82) is 5.26 Å². The molecule has 0 fully saturated rings. The minimum absolute atomic E-state index is 0.00239. The summed E-state index contributed by atoms with van der Waals surface area (Å²) < 4.78 is 5.34. The highest BCUT2D eigenvalue weighted by Gasteiger charge is 2.11. The Kier molecular flexibility index (Phi) is 4.24. The topological polar surface area (TPSA) is 66.0 Å². The number of nitriles is 1. The minimum Gasteiger partial charge on any atom is -0.462 e. The lowest BCUT2D eigenvalue weighted by Crippen LogP contribution is -2.13. The van der Waals surface area contributed by atoms with Crippen LogP contribution in [0.15, 0.2) is 40.3 Å². The van der Waals surface area contributed by atoms with Crippen LogP contribution in [0.25, 0.3) is 6.08 Å². The second-order valence-corrected chi connectivity index (χ2v) is 4.87. The van der Waals surface area contributed by atoms with Gasteiger partial charge in [0.25, 0.3) is 5.91 Å². The molecular weight excluding hydrogens is 264 g/mol. The standard InChI is InChI=1S/C17H16N2O2/c1-11-4-6-15(8-12(11)2)19-17(20)14(10-18)9-16-7-5-13(3)21-16/h4-9H,1-3H3,(H,19,20)/b14-9+. The highest BCUT2D eigenvalue weighted by atomic mass is 16.3. The van der Waals surface area contributed by atoms with Gasteiger partial charge in [0.05, 0.1) is 0 Å². The molecule has 0 unspecified atom stereocenters. The molecule has 21 heavy (non-hydrogen) atoms. The van der Waals surface area contributed by atoms with Crippen LogP contribution in [-0.4, -0.2) is 5.91 Å². The average molecular weight is 280 g/mol. The van der Waals surface area contributed by atoms with E-state index in [1.54, 1.807) is 19.1 Å². The van der Waals surface area contributed by atoms with E-state index in [2.05, 4.69) is 5.32 Å². The highest BCUT2D eigenvalue weighted by molar-refractivity contribution is 6.09. The molecule has 0 radical (unpaired) electrons. The fraction of sp³-hybridized carbons (Fsp3) is 0.176. The van der Waals surface area contributed by atoms with E-state index in [9.17, 15) is 4.79 Å². The maximum absolute atomic E-state index is 12.1. The molecule has 0 aliphatic rings. The molecule has 0 atom stereocenters. The van der Waals surface area contributed by atoms with Crippen molar-refractivity contribution >= 4 is 17.7 Å². The number of amides is 1. The highest BCUT2D eigenvalue weighted by Crippen LogP contribution is 2.16. The van der Waals surface area contributed by atoms with Crippen LogP contribution in [0.5, 0.6) is 0 Å². The summed E-state index contributed by atoms with van der Waals surface area (Å²) in [6.45, 7) is 5.77. The maximum Gasteiger partial charge on any atom is 0.266 e. The van der Waals surface area contributed by atoms with Crippen LogP contribution < -0.4 is 5.32 Å². The van der Waals surface area contributed by atoms with Crippen LogP contribution in [0.4, 0.5) is 5.69 Å². The molecule has 0 saturated carbocycles. The third-order valence-corrected chi connectivity index (χ3v) is 3.18. The fourth-order valence-corrected chi connectivity index (χ4v) is 1.84. The van der Waals surface area contributed by atoms with E-state index >= 15 is 0 Å². The third kappa shape index (κ3) is 3.61. The number of furan rings is 1. The summed E-state index contributed by atoms with van der Waals surface area (Å²) >= 11 is 0. The zero-order valence-corrected chi connectivity index (χ0v) is 12.2. The zero-order chi connectivity index (χ0) is 15.4. The Balaban J connectivity index is 2.19. The van der Waals surface area contributed by atoms with Crippen LogP contribution >= 0.6 is 0 Å². The van der Waals surface area contributed by atoms with Crippen LogP contribution in [0, 0.1) is 32.1 Å². The van der Waals surface area contributed by atoms with Crippen molar-refractivity contribution in [3.05, 3.63) is 58.6 Å². The quantitative estimate of drug-likeness (QED) is 0.687. The molecule has 0 aliphatic heterocycles. The number of hydrogen-bond acceptors (Lipinski definition) is 3. The number of hydrogen-bond donors (Lipinski definition) is 1. The van der Waals surface area contributed by atoms with Crippen molar-refractivity contribution in [2.24, 2.45) is 0 Å². The molecule has 0 aliphatic carbocycles. The Morgan fingerprint density at radius 3 is 2.52 bits per heavy atom. The predicted octanol–water partition coefficient (Wildman–Crippen LogP) is 3.75. The first kappa shape index (κ1) is 14.6. The Morgan fingerprint density at radius 2 is 1.95 bits per heavy atom. The Morgan fingerprint density at radius 1 is 1.19 bits per heavy atom. The van der Waals surface area contributed by atoms with E-state index in [-0.39, 0.29) is 5.57 Å². The molecule has 106 valence electrons. The lowest BCUT2D eigenvalue weighted by atomic mass is 10.1. The zero-order valence-electron chi connectivity index (χ0n) is 12.2. The van der Waals surface area contributed by atoms with Crippen LogP contribution in [0.1, 0.15) is 22.6 Å². The van der Waals surface area contributed by atoms with Crippen molar-refractivity contribution in [3.8, 4) is 6.07 Å². The molecule has 0 bridgehead atoms. The smallest absolute Gasteiger partial charge is 0.266 e. The first-order valence-corrected chi connectivity index (χ1v) is 6.56. The second-order valence-electron chi connectivity index (χ2n) is 4.87. The number of nitrogens with zero attached hydrogens (tertiary/aromatic N) is 1. The molecule has 1 N–H and O–H groups in total. The molecule has 1 amide bonds. The summed E-state index contributed by atoms with van der Waals surface area (Å²) in [7, 11) is 0. The van der Waals surface area contributed by atoms with E-state index < -0.39 is 5.91 Å². The molecule has 2 rings (SSSR count). The van der Waals surface area contributed by atoms with Crippen molar-refractivity contribution in [1.82, 2.24) is 0 Å².